The molecule has 2 aliphatic rings. The Labute approximate surface area is 182 Å². The van der Waals surface area contributed by atoms with E-state index in [2.05, 4.69) is 10.8 Å². The van der Waals surface area contributed by atoms with Crippen molar-refractivity contribution in [3.8, 4) is 6.07 Å². The molecule has 3 atom stereocenters. The first kappa shape index (κ1) is 26.4. The maximum absolute atomic E-state index is 11.7. The van der Waals surface area contributed by atoms with E-state index in [1.807, 2.05) is 46.4 Å². The van der Waals surface area contributed by atoms with E-state index in [0.29, 0.717) is 38.4 Å². The largest absolute Gasteiger partial charge is 0.341 e. The fourth-order valence-corrected chi connectivity index (χ4v) is 5.04. The summed E-state index contributed by atoms with van der Waals surface area (Å²) in [5, 5.41) is 8.79. The van der Waals surface area contributed by atoms with Gasteiger partial charge in [-0.25, -0.2) is 13.1 Å². The van der Waals surface area contributed by atoms with E-state index in [0.717, 1.165) is 6.54 Å². The van der Waals surface area contributed by atoms with Gasteiger partial charge in [-0.2, -0.15) is 5.26 Å². The summed E-state index contributed by atoms with van der Waals surface area (Å²) in [6.45, 7) is 13.9. The topological polar surface area (TPSA) is 111 Å². The zero-order chi connectivity index (χ0) is 23.1. The molecule has 0 saturated carbocycles. The Morgan fingerprint density at radius 2 is 1.63 bits per heavy atom. The standard InChI is InChI=1S/C11H22N2O3S.C10H16N2O/c1-4-7-17(15,16)12-10-5-6-13(8-10)11(14)9(2)3;1-7(2)10(13)12-5-8(3)9(4-11)6-12/h9-10,12H,4-8H2,1-3H3;7-9H,5-6H2,1-3H3. The van der Waals surface area contributed by atoms with Crippen LogP contribution in [0.15, 0.2) is 0 Å². The number of amides is 2. The molecule has 0 aliphatic carbocycles. The van der Waals surface area contributed by atoms with Crippen LogP contribution in [0.2, 0.25) is 0 Å². The van der Waals surface area contributed by atoms with Gasteiger partial charge in [-0.15, -0.1) is 0 Å². The van der Waals surface area contributed by atoms with Crippen LogP contribution < -0.4 is 4.72 Å². The molecule has 1 N–H and O–H groups in total. The fraction of sp³-hybridized carbons (Fsp3) is 0.857. The molecule has 0 aromatic heterocycles. The van der Waals surface area contributed by atoms with Crippen LogP contribution >= 0.6 is 0 Å². The van der Waals surface area contributed by atoms with Crippen molar-refractivity contribution in [3.05, 3.63) is 0 Å². The van der Waals surface area contributed by atoms with Crippen LogP contribution in [0.5, 0.6) is 0 Å². The van der Waals surface area contributed by atoms with Gasteiger partial charge in [0.1, 0.15) is 0 Å². The highest BCUT2D eigenvalue weighted by molar-refractivity contribution is 7.89. The Bertz CT molecular complexity index is 730. The van der Waals surface area contributed by atoms with Crippen molar-refractivity contribution in [2.45, 2.75) is 60.4 Å². The number of carbonyl (C=O) groups excluding carboxylic acids is 2. The summed E-state index contributed by atoms with van der Waals surface area (Å²) in [5.41, 5.74) is 0. The quantitative estimate of drug-likeness (QED) is 0.675. The number of nitrogens with one attached hydrogen (secondary N) is 1. The first-order valence-electron chi connectivity index (χ1n) is 10.9. The third-order valence-corrected chi connectivity index (χ3v) is 7.03. The van der Waals surface area contributed by atoms with Gasteiger partial charge in [0.15, 0.2) is 0 Å². The molecule has 2 fully saturated rings. The maximum Gasteiger partial charge on any atom is 0.225 e. The Balaban J connectivity index is 0.000000311. The SMILES string of the molecule is CC(C)C(=O)N1CC(C)C(C#N)C1.CCCS(=O)(=O)NC1CCN(C(=O)C(C)C)C1. The molecule has 0 radical (unpaired) electrons. The molecule has 30 heavy (non-hydrogen) atoms. The van der Waals surface area contributed by atoms with Crippen LogP contribution in [0.25, 0.3) is 0 Å². The number of rotatable bonds is 6. The van der Waals surface area contributed by atoms with Crippen LogP contribution in [0, 0.1) is 35.0 Å². The zero-order valence-electron chi connectivity index (χ0n) is 19.2. The van der Waals surface area contributed by atoms with Crippen LogP contribution in [-0.4, -0.2) is 68.0 Å². The van der Waals surface area contributed by atoms with Gasteiger partial charge < -0.3 is 9.80 Å². The number of carbonyl (C=O) groups is 2. The zero-order valence-corrected chi connectivity index (χ0v) is 20.0. The van der Waals surface area contributed by atoms with Crippen molar-refractivity contribution in [3.63, 3.8) is 0 Å². The second kappa shape index (κ2) is 11.7. The van der Waals surface area contributed by atoms with Gasteiger partial charge in [-0.1, -0.05) is 41.5 Å². The van der Waals surface area contributed by atoms with Crippen molar-refractivity contribution >= 4 is 21.8 Å². The molecule has 0 spiro atoms. The molecule has 0 aromatic rings. The van der Waals surface area contributed by atoms with E-state index >= 15 is 0 Å². The molecule has 2 aliphatic heterocycles. The first-order chi connectivity index (χ1) is 13.9. The lowest BCUT2D eigenvalue weighted by Gasteiger charge is -2.19. The summed E-state index contributed by atoms with van der Waals surface area (Å²) in [6.07, 6.45) is 1.32. The summed E-state index contributed by atoms with van der Waals surface area (Å²) in [6, 6.07) is 2.13. The lowest BCUT2D eigenvalue weighted by Crippen LogP contribution is -2.40. The summed E-state index contributed by atoms with van der Waals surface area (Å²) >= 11 is 0. The minimum Gasteiger partial charge on any atom is -0.341 e. The number of nitrogens with zero attached hydrogens (tertiary/aromatic N) is 3. The van der Waals surface area contributed by atoms with E-state index in [1.54, 1.807) is 4.90 Å². The molecular weight excluding hydrogens is 404 g/mol. The van der Waals surface area contributed by atoms with E-state index < -0.39 is 10.0 Å². The molecule has 2 amide bonds. The van der Waals surface area contributed by atoms with Gasteiger partial charge in [-0.3, -0.25) is 9.59 Å². The van der Waals surface area contributed by atoms with Crippen LogP contribution in [0.1, 0.15) is 54.4 Å². The number of likely N-dealkylation sites (tertiary alicyclic amines) is 2. The number of nitriles is 1. The molecule has 0 bridgehead atoms. The highest BCUT2D eigenvalue weighted by Crippen LogP contribution is 2.23. The van der Waals surface area contributed by atoms with Gasteiger partial charge >= 0.3 is 0 Å². The number of hydrogen-bond acceptors (Lipinski definition) is 5. The van der Waals surface area contributed by atoms with Crippen molar-refractivity contribution in [1.82, 2.24) is 14.5 Å². The summed E-state index contributed by atoms with van der Waals surface area (Å²) in [4.78, 5) is 26.8. The van der Waals surface area contributed by atoms with Crippen molar-refractivity contribution in [1.29, 1.82) is 5.26 Å². The minimum atomic E-state index is -3.17. The van der Waals surface area contributed by atoms with E-state index in [9.17, 15) is 18.0 Å². The highest BCUT2D eigenvalue weighted by Gasteiger charge is 2.33. The fourth-order valence-electron chi connectivity index (χ4n) is 3.68. The van der Waals surface area contributed by atoms with Gasteiger partial charge in [0.2, 0.25) is 21.8 Å². The van der Waals surface area contributed by atoms with Gasteiger partial charge in [0.25, 0.3) is 0 Å². The predicted octanol–water partition coefficient (Wildman–Crippen LogP) is 1.83. The maximum atomic E-state index is 11.7. The molecular formula is C21H38N4O4S. The molecule has 2 saturated heterocycles. The highest BCUT2D eigenvalue weighted by atomic mass is 32.2. The lowest BCUT2D eigenvalue weighted by atomic mass is 10.0. The normalized spacial score (nSPS) is 24.0. The average Bonchev–Trinajstić information content (AvgIpc) is 3.26. The Morgan fingerprint density at radius 3 is 2.10 bits per heavy atom. The lowest BCUT2D eigenvalue weighted by molar-refractivity contribution is -0.134. The molecule has 3 unspecified atom stereocenters. The number of sulfonamides is 1. The minimum absolute atomic E-state index is 0.0269. The Kier molecular flexibility index (Phi) is 10.2. The molecule has 9 heteroatoms. The second-order valence-electron chi connectivity index (χ2n) is 8.97. The third-order valence-electron chi connectivity index (χ3n) is 5.40. The Hall–Kier alpha value is -1.66. The van der Waals surface area contributed by atoms with E-state index in [1.165, 1.54) is 0 Å². The molecule has 0 aromatic carbocycles. The summed E-state index contributed by atoms with van der Waals surface area (Å²) in [7, 11) is -3.17. The smallest absolute Gasteiger partial charge is 0.225 e. The molecule has 2 heterocycles. The van der Waals surface area contributed by atoms with Gasteiger partial charge in [0, 0.05) is 44.1 Å². The predicted molar refractivity (Wildman–Crippen MR) is 117 cm³/mol. The van der Waals surface area contributed by atoms with Crippen LogP contribution in [0.3, 0.4) is 0 Å². The molecule has 172 valence electrons. The summed E-state index contributed by atoms with van der Waals surface area (Å²) in [5.74, 6) is 0.801. The molecule has 8 nitrogen and oxygen atoms in total. The third kappa shape index (κ3) is 7.88. The van der Waals surface area contributed by atoms with Gasteiger partial charge in [-0.05, 0) is 18.8 Å². The van der Waals surface area contributed by atoms with Crippen molar-refractivity contribution in [2.75, 3.05) is 31.9 Å². The van der Waals surface area contributed by atoms with Crippen LogP contribution in [0.4, 0.5) is 0 Å². The number of hydrogen-bond donors (Lipinski definition) is 1. The van der Waals surface area contributed by atoms with Crippen LogP contribution in [-0.2, 0) is 19.6 Å². The van der Waals surface area contributed by atoms with E-state index in [-0.39, 0.29) is 41.4 Å². The first-order valence-corrected chi connectivity index (χ1v) is 12.5. The van der Waals surface area contributed by atoms with Gasteiger partial charge in [0.05, 0.1) is 17.7 Å². The summed E-state index contributed by atoms with van der Waals surface area (Å²) < 4.78 is 25.8. The van der Waals surface area contributed by atoms with Crippen molar-refractivity contribution in [2.24, 2.45) is 23.7 Å². The molecule has 2 rings (SSSR count). The monoisotopic (exact) mass is 442 g/mol. The Morgan fingerprint density at radius 1 is 1.07 bits per heavy atom. The second-order valence-corrected chi connectivity index (χ2v) is 10.8. The average molecular weight is 443 g/mol. The van der Waals surface area contributed by atoms with Crippen molar-refractivity contribution < 1.29 is 18.0 Å². The van der Waals surface area contributed by atoms with E-state index in [4.69, 9.17) is 5.26 Å².